The quantitative estimate of drug-likeness (QED) is 0.167. The van der Waals surface area contributed by atoms with Gasteiger partial charge in [-0.25, -0.2) is 0 Å². The summed E-state index contributed by atoms with van der Waals surface area (Å²) >= 11 is 3.62. The zero-order valence-corrected chi connectivity index (χ0v) is 27.0. The van der Waals surface area contributed by atoms with Crippen LogP contribution in [0.1, 0.15) is 0 Å². The minimum absolute atomic E-state index is 1.09. The molecule has 1 aliphatic rings. The van der Waals surface area contributed by atoms with E-state index in [1.807, 2.05) is 0 Å². The molecule has 0 heterocycles. The minimum atomic E-state index is 1.09. The van der Waals surface area contributed by atoms with E-state index in [9.17, 15) is 0 Å². The summed E-state index contributed by atoms with van der Waals surface area (Å²) in [6, 6.07) is 58.1. The molecule has 8 aromatic rings. The van der Waals surface area contributed by atoms with E-state index in [0.717, 1.165) is 4.47 Å². The number of fused-ring (bicyclic) bond motifs is 4. The largest absolute Gasteiger partial charge is 0.139 e. The Morgan fingerprint density at radius 1 is 0.348 bits per heavy atom. The fourth-order valence-electron chi connectivity index (χ4n) is 7.47. The molecule has 0 amide bonds. The Kier molecular flexibility index (Phi) is 6.33. The van der Waals surface area contributed by atoms with Gasteiger partial charge in [0.25, 0.3) is 0 Å². The second-order valence-corrected chi connectivity index (χ2v) is 13.2. The van der Waals surface area contributed by atoms with Crippen LogP contribution in [0.4, 0.5) is 0 Å². The van der Waals surface area contributed by atoms with Crippen LogP contribution in [0.25, 0.3) is 88.3 Å². The van der Waals surface area contributed by atoms with Crippen molar-refractivity contribution in [1.82, 2.24) is 0 Å². The molecule has 0 fully saturated rings. The standard InChI is InChI=1S/C44H28BBr/c45-32-19-14-27(15-20-32)31-18-23-36-39(26-31)41(30-10-5-2-6-11-30)43-37-13-7-12-35-34(28-16-21-33(46)22-17-28)24-25-38(42(35)37)44(43)40(36)29-8-3-1-4-9-29/h1-26H,45H2. The maximum Gasteiger partial charge on any atom is 0.139 e. The molecule has 0 spiro atoms. The Morgan fingerprint density at radius 2 is 0.913 bits per heavy atom. The van der Waals surface area contributed by atoms with Gasteiger partial charge in [0.15, 0.2) is 0 Å². The van der Waals surface area contributed by atoms with E-state index in [1.165, 1.54) is 93.8 Å². The molecular weight excluding hydrogens is 619 g/mol. The highest BCUT2D eigenvalue weighted by atomic mass is 79.9. The lowest BCUT2D eigenvalue weighted by molar-refractivity contribution is 1.61. The van der Waals surface area contributed by atoms with Crippen molar-refractivity contribution in [3.05, 3.63) is 162 Å². The fraction of sp³-hybridized carbons (Fsp3) is 0. The number of hydrogen-bond donors (Lipinski definition) is 0. The molecule has 2 heteroatoms. The van der Waals surface area contributed by atoms with Crippen LogP contribution >= 0.6 is 15.9 Å². The van der Waals surface area contributed by atoms with Gasteiger partial charge in [-0.1, -0.05) is 161 Å². The van der Waals surface area contributed by atoms with Crippen LogP contribution in [0.5, 0.6) is 0 Å². The minimum Gasteiger partial charge on any atom is -0.0889 e. The molecule has 0 saturated carbocycles. The van der Waals surface area contributed by atoms with Crippen molar-refractivity contribution >= 4 is 50.8 Å². The Bertz CT molecular complexity index is 2440. The van der Waals surface area contributed by atoms with Crippen LogP contribution in [-0.2, 0) is 0 Å². The van der Waals surface area contributed by atoms with E-state index >= 15 is 0 Å². The Balaban J connectivity index is 1.45. The van der Waals surface area contributed by atoms with Gasteiger partial charge in [-0.2, -0.15) is 0 Å². The van der Waals surface area contributed by atoms with Crippen LogP contribution in [0.2, 0.25) is 0 Å². The molecule has 9 rings (SSSR count). The van der Waals surface area contributed by atoms with E-state index in [1.54, 1.807) is 0 Å². The topological polar surface area (TPSA) is 0 Å². The summed E-state index contributed by atoms with van der Waals surface area (Å²) < 4.78 is 1.09. The van der Waals surface area contributed by atoms with Gasteiger partial charge in [-0.15, -0.1) is 0 Å². The second kappa shape index (κ2) is 10.7. The lowest BCUT2D eigenvalue weighted by Gasteiger charge is -2.21. The van der Waals surface area contributed by atoms with Crippen molar-refractivity contribution < 1.29 is 0 Å². The summed E-state index contributed by atoms with van der Waals surface area (Å²) in [6.45, 7) is 0. The van der Waals surface area contributed by atoms with Gasteiger partial charge in [0, 0.05) is 4.47 Å². The Morgan fingerprint density at radius 3 is 1.59 bits per heavy atom. The molecule has 214 valence electrons. The predicted octanol–water partition coefficient (Wildman–Crippen LogP) is 11.3. The molecule has 0 atom stereocenters. The molecule has 0 aliphatic heterocycles. The molecule has 0 bridgehead atoms. The molecule has 0 saturated heterocycles. The van der Waals surface area contributed by atoms with Crippen LogP contribution in [0.3, 0.4) is 0 Å². The first-order valence-corrected chi connectivity index (χ1v) is 16.6. The predicted molar refractivity (Wildman–Crippen MR) is 204 cm³/mol. The summed E-state index contributed by atoms with van der Waals surface area (Å²) in [4.78, 5) is 0. The Hall–Kier alpha value is -5.18. The third-order valence-corrected chi connectivity index (χ3v) is 10.1. The first kappa shape index (κ1) is 27.2. The molecule has 0 N–H and O–H groups in total. The highest BCUT2D eigenvalue weighted by Gasteiger charge is 2.31. The molecule has 8 aromatic carbocycles. The molecule has 1 aliphatic carbocycles. The number of rotatable bonds is 4. The lowest BCUT2D eigenvalue weighted by Crippen LogP contribution is -1.99. The molecule has 0 nitrogen and oxygen atoms in total. The molecule has 46 heavy (non-hydrogen) atoms. The summed E-state index contributed by atoms with van der Waals surface area (Å²) in [5, 5.41) is 5.18. The average molecular weight is 647 g/mol. The fourth-order valence-corrected chi connectivity index (χ4v) is 7.73. The molecule has 0 radical (unpaired) electrons. The van der Waals surface area contributed by atoms with Gasteiger partial charge in [0.1, 0.15) is 7.85 Å². The number of benzene rings is 8. The summed E-state index contributed by atoms with van der Waals surface area (Å²) in [6.07, 6.45) is 0. The average Bonchev–Trinajstić information content (AvgIpc) is 3.43. The van der Waals surface area contributed by atoms with Crippen molar-refractivity contribution in [3.8, 4) is 66.8 Å². The monoisotopic (exact) mass is 646 g/mol. The first-order chi connectivity index (χ1) is 22.7. The van der Waals surface area contributed by atoms with Crippen molar-refractivity contribution in [2.24, 2.45) is 0 Å². The van der Waals surface area contributed by atoms with Gasteiger partial charge >= 0.3 is 0 Å². The highest BCUT2D eigenvalue weighted by molar-refractivity contribution is 9.10. The third kappa shape index (κ3) is 4.21. The van der Waals surface area contributed by atoms with Crippen LogP contribution in [0, 0.1) is 0 Å². The Labute approximate surface area is 278 Å². The van der Waals surface area contributed by atoms with Crippen LogP contribution < -0.4 is 5.46 Å². The van der Waals surface area contributed by atoms with Gasteiger partial charge in [-0.05, 0) is 107 Å². The summed E-state index contributed by atoms with van der Waals surface area (Å²) in [7, 11) is 2.15. The summed E-state index contributed by atoms with van der Waals surface area (Å²) in [5.41, 5.74) is 16.6. The van der Waals surface area contributed by atoms with E-state index in [0.29, 0.717) is 0 Å². The van der Waals surface area contributed by atoms with Gasteiger partial charge in [0.05, 0.1) is 0 Å². The van der Waals surface area contributed by atoms with E-state index < -0.39 is 0 Å². The van der Waals surface area contributed by atoms with E-state index in [4.69, 9.17) is 0 Å². The zero-order chi connectivity index (χ0) is 30.8. The van der Waals surface area contributed by atoms with E-state index in [-0.39, 0.29) is 0 Å². The van der Waals surface area contributed by atoms with Crippen LogP contribution in [-0.4, -0.2) is 7.85 Å². The van der Waals surface area contributed by atoms with Gasteiger partial charge in [-0.3, -0.25) is 0 Å². The first-order valence-electron chi connectivity index (χ1n) is 15.8. The second-order valence-electron chi connectivity index (χ2n) is 12.3. The highest BCUT2D eigenvalue weighted by Crippen LogP contribution is 2.58. The van der Waals surface area contributed by atoms with Crippen molar-refractivity contribution in [1.29, 1.82) is 0 Å². The molecular formula is C44H28BBr. The van der Waals surface area contributed by atoms with Crippen molar-refractivity contribution in [2.45, 2.75) is 0 Å². The smallest absolute Gasteiger partial charge is 0.0889 e. The van der Waals surface area contributed by atoms with Gasteiger partial charge in [0.2, 0.25) is 0 Å². The van der Waals surface area contributed by atoms with Crippen molar-refractivity contribution in [2.75, 3.05) is 0 Å². The normalized spacial score (nSPS) is 11.7. The molecule has 0 unspecified atom stereocenters. The third-order valence-electron chi connectivity index (χ3n) is 9.55. The van der Waals surface area contributed by atoms with Crippen LogP contribution in [0.15, 0.2) is 162 Å². The van der Waals surface area contributed by atoms with Crippen molar-refractivity contribution in [3.63, 3.8) is 0 Å². The molecule has 0 aromatic heterocycles. The lowest BCUT2D eigenvalue weighted by atomic mass is 9.81. The maximum absolute atomic E-state index is 3.62. The maximum atomic E-state index is 3.62. The number of hydrogen-bond acceptors (Lipinski definition) is 0. The number of halogens is 1. The van der Waals surface area contributed by atoms with Gasteiger partial charge < -0.3 is 0 Å². The SMILES string of the molecule is Bc1ccc(-c2ccc3c(-c4ccccc4)c4c(c(-c5ccccc5)c3c2)-c2cccc3c(-c5ccc(Br)cc5)ccc-4c23)cc1. The summed E-state index contributed by atoms with van der Waals surface area (Å²) in [5.74, 6) is 0. The zero-order valence-electron chi connectivity index (χ0n) is 25.4. The van der Waals surface area contributed by atoms with E-state index in [2.05, 4.69) is 182 Å².